The number of fused-ring (bicyclic) bond motifs is 1. The van der Waals surface area contributed by atoms with Crippen LogP contribution in [0.25, 0.3) is 0 Å². The summed E-state index contributed by atoms with van der Waals surface area (Å²) in [5.41, 5.74) is 4.58. The predicted molar refractivity (Wildman–Crippen MR) is 106 cm³/mol. The van der Waals surface area contributed by atoms with Gasteiger partial charge in [0.25, 0.3) is 0 Å². The van der Waals surface area contributed by atoms with E-state index in [-0.39, 0.29) is 6.03 Å². The molecule has 1 atom stereocenters. The molecule has 1 unspecified atom stereocenters. The number of ether oxygens (including phenoxy) is 1. The number of benzene rings is 2. The van der Waals surface area contributed by atoms with E-state index in [2.05, 4.69) is 40.5 Å². The van der Waals surface area contributed by atoms with Crippen molar-refractivity contribution >= 4 is 11.7 Å². The molecule has 2 aliphatic rings. The van der Waals surface area contributed by atoms with Crippen molar-refractivity contribution in [1.82, 2.24) is 9.80 Å². The Bertz CT molecular complexity index is 793. The van der Waals surface area contributed by atoms with Gasteiger partial charge in [0.2, 0.25) is 0 Å². The Balaban J connectivity index is 1.26. The molecule has 2 aromatic rings. The summed E-state index contributed by atoms with van der Waals surface area (Å²) in [6.45, 7) is 5.22. The van der Waals surface area contributed by atoms with Crippen LogP contribution in [0.1, 0.15) is 23.1 Å². The van der Waals surface area contributed by atoms with E-state index in [4.69, 9.17) is 4.74 Å². The molecule has 2 aromatic carbocycles. The van der Waals surface area contributed by atoms with Crippen LogP contribution >= 0.6 is 0 Å². The third-order valence-electron chi connectivity index (χ3n) is 5.47. The highest BCUT2D eigenvalue weighted by Gasteiger charge is 2.25. The second-order valence-corrected chi connectivity index (χ2v) is 7.66. The van der Waals surface area contributed by atoms with E-state index in [0.717, 1.165) is 38.3 Å². The molecule has 5 nitrogen and oxygen atoms in total. The zero-order valence-corrected chi connectivity index (χ0v) is 15.9. The predicted octanol–water partition coefficient (Wildman–Crippen LogP) is 3.70. The second-order valence-electron chi connectivity index (χ2n) is 7.66. The lowest BCUT2D eigenvalue weighted by molar-refractivity contribution is 0.134. The Morgan fingerprint density at radius 3 is 2.85 bits per heavy atom. The minimum atomic E-state index is -0.0459. The summed E-state index contributed by atoms with van der Waals surface area (Å²) in [6, 6.07) is 16.5. The van der Waals surface area contributed by atoms with Crippen LogP contribution in [0.3, 0.4) is 0 Å². The lowest BCUT2D eigenvalue weighted by Crippen LogP contribution is -2.36. The number of likely N-dealkylation sites (tertiary alicyclic amines) is 1. The van der Waals surface area contributed by atoms with E-state index in [1.54, 1.807) is 4.90 Å². The summed E-state index contributed by atoms with van der Waals surface area (Å²) >= 11 is 0. The van der Waals surface area contributed by atoms with Gasteiger partial charge in [-0.05, 0) is 47.7 Å². The fourth-order valence-electron chi connectivity index (χ4n) is 3.99. The Kier molecular flexibility index (Phi) is 5.41. The minimum absolute atomic E-state index is 0.0459. The lowest BCUT2D eigenvalue weighted by Gasteiger charge is -2.22. The summed E-state index contributed by atoms with van der Waals surface area (Å²) in [5.74, 6) is 0.526. The van der Waals surface area contributed by atoms with Crippen LogP contribution in [0.15, 0.2) is 48.5 Å². The number of anilines is 1. The number of urea groups is 1. The van der Waals surface area contributed by atoms with E-state index in [1.165, 1.54) is 16.7 Å². The first-order valence-corrected chi connectivity index (χ1v) is 9.65. The molecular weight excluding hydrogens is 338 g/mol. The van der Waals surface area contributed by atoms with Crippen molar-refractivity contribution < 1.29 is 9.53 Å². The molecule has 0 radical (unpaired) electrons. The molecule has 0 aliphatic carbocycles. The topological polar surface area (TPSA) is 44.8 Å². The van der Waals surface area contributed by atoms with Crippen LogP contribution in [-0.4, -0.2) is 42.5 Å². The van der Waals surface area contributed by atoms with Crippen LogP contribution in [-0.2, 0) is 24.5 Å². The van der Waals surface area contributed by atoms with Crippen LogP contribution in [0, 0.1) is 5.92 Å². The first-order chi connectivity index (χ1) is 13.2. The van der Waals surface area contributed by atoms with Crippen molar-refractivity contribution in [3.8, 4) is 0 Å². The van der Waals surface area contributed by atoms with Crippen molar-refractivity contribution in [3.63, 3.8) is 0 Å². The maximum absolute atomic E-state index is 12.5. The quantitative estimate of drug-likeness (QED) is 0.879. The molecule has 2 aliphatic heterocycles. The molecule has 4 rings (SSSR count). The first-order valence-electron chi connectivity index (χ1n) is 9.65. The SMILES string of the molecule is CN(CC1CCN(Cc2ccccc2)C1)C(=O)Nc1ccc2c(c1)COC2. The zero-order chi connectivity index (χ0) is 18.6. The Hall–Kier alpha value is -2.37. The molecule has 1 fully saturated rings. The monoisotopic (exact) mass is 365 g/mol. The Morgan fingerprint density at radius 1 is 1.19 bits per heavy atom. The van der Waals surface area contributed by atoms with E-state index in [9.17, 15) is 4.79 Å². The molecule has 0 aromatic heterocycles. The maximum atomic E-state index is 12.5. The largest absolute Gasteiger partial charge is 0.372 e. The van der Waals surface area contributed by atoms with Crippen molar-refractivity contribution in [1.29, 1.82) is 0 Å². The number of nitrogens with zero attached hydrogens (tertiary/aromatic N) is 2. The van der Waals surface area contributed by atoms with E-state index in [1.807, 2.05) is 25.2 Å². The number of carbonyl (C=O) groups excluding carboxylic acids is 1. The van der Waals surface area contributed by atoms with E-state index >= 15 is 0 Å². The van der Waals surface area contributed by atoms with Crippen molar-refractivity contribution in [2.75, 3.05) is 32.0 Å². The minimum Gasteiger partial charge on any atom is -0.372 e. The molecule has 2 heterocycles. The molecule has 142 valence electrons. The Labute approximate surface area is 160 Å². The van der Waals surface area contributed by atoms with Crippen molar-refractivity contribution in [2.45, 2.75) is 26.2 Å². The molecule has 0 spiro atoms. The van der Waals surface area contributed by atoms with Gasteiger partial charge in [0.1, 0.15) is 0 Å². The number of rotatable bonds is 5. The van der Waals surface area contributed by atoms with Gasteiger partial charge in [0, 0.05) is 32.4 Å². The van der Waals surface area contributed by atoms with Crippen LogP contribution in [0.5, 0.6) is 0 Å². The van der Waals surface area contributed by atoms with Gasteiger partial charge in [0.05, 0.1) is 13.2 Å². The average molecular weight is 365 g/mol. The fourth-order valence-corrected chi connectivity index (χ4v) is 3.99. The molecule has 5 heteroatoms. The fraction of sp³-hybridized carbons (Fsp3) is 0.409. The highest BCUT2D eigenvalue weighted by atomic mass is 16.5. The molecule has 0 saturated carbocycles. The summed E-state index contributed by atoms with van der Waals surface area (Å²) < 4.78 is 5.44. The van der Waals surface area contributed by atoms with Crippen molar-refractivity contribution in [3.05, 3.63) is 65.2 Å². The third-order valence-corrected chi connectivity index (χ3v) is 5.47. The average Bonchev–Trinajstić information content (AvgIpc) is 3.31. The smallest absolute Gasteiger partial charge is 0.321 e. The standard InChI is InChI=1S/C22H27N3O2/c1-24(22(26)23-21-8-7-19-15-27-16-20(19)11-21)12-18-9-10-25(14-18)13-17-5-3-2-4-6-17/h2-8,11,18H,9-10,12-16H2,1H3,(H,23,26). The number of nitrogens with one attached hydrogen (secondary N) is 1. The van der Waals surface area contributed by atoms with Gasteiger partial charge in [0.15, 0.2) is 0 Å². The van der Waals surface area contributed by atoms with Gasteiger partial charge in [-0.25, -0.2) is 4.79 Å². The first kappa shape index (κ1) is 18.0. The summed E-state index contributed by atoms with van der Waals surface area (Å²) in [7, 11) is 1.88. The number of hydrogen-bond donors (Lipinski definition) is 1. The van der Waals surface area contributed by atoms with Crippen LogP contribution < -0.4 is 5.32 Å². The van der Waals surface area contributed by atoms with E-state index in [0.29, 0.717) is 19.1 Å². The molecule has 27 heavy (non-hydrogen) atoms. The normalized spacial score (nSPS) is 19.1. The molecular formula is C22H27N3O2. The molecule has 0 bridgehead atoms. The highest BCUT2D eigenvalue weighted by molar-refractivity contribution is 5.89. The van der Waals surface area contributed by atoms with Gasteiger partial charge in [-0.2, -0.15) is 0 Å². The molecule has 2 amide bonds. The zero-order valence-electron chi connectivity index (χ0n) is 15.9. The van der Waals surface area contributed by atoms with Gasteiger partial charge in [-0.3, -0.25) is 4.90 Å². The number of carbonyl (C=O) groups is 1. The molecule has 1 N–H and O–H groups in total. The van der Waals surface area contributed by atoms with Gasteiger partial charge in [-0.15, -0.1) is 0 Å². The summed E-state index contributed by atoms with van der Waals surface area (Å²) in [5, 5.41) is 3.01. The van der Waals surface area contributed by atoms with Crippen LogP contribution in [0.2, 0.25) is 0 Å². The van der Waals surface area contributed by atoms with Gasteiger partial charge in [-0.1, -0.05) is 36.4 Å². The highest BCUT2D eigenvalue weighted by Crippen LogP contribution is 2.24. The molecule has 1 saturated heterocycles. The summed E-state index contributed by atoms with van der Waals surface area (Å²) in [4.78, 5) is 16.8. The number of hydrogen-bond acceptors (Lipinski definition) is 3. The Morgan fingerprint density at radius 2 is 2.00 bits per heavy atom. The lowest BCUT2D eigenvalue weighted by atomic mass is 10.1. The van der Waals surface area contributed by atoms with Gasteiger partial charge < -0.3 is 15.0 Å². The maximum Gasteiger partial charge on any atom is 0.321 e. The number of amides is 2. The van der Waals surface area contributed by atoms with Gasteiger partial charge >= 0.3 is 6.03 Å². The summed E-state index contributed by atoms with van der Waals surface area (Å²) in [6.07, 6.45) is 1.14. The van der Waals surface area contributed by atoms with E-state index < -0.39 is 0 Å². The van der Waals surface area contributed by atoms with Crippen LogP contribution in [0.4, 0.5) is 10.5 Å². The third kappa shape index (κ3) is 4.49. The van der Waals surface area contributed by atoms with Crippen molar-refractivity contribution in [2.24, 2.45) is 5.92 Å². The second kappa shape index (κ2) is 8.11.